The van der Waals surface area contributed by atoms with Gasteiger partial charge in [-0.3, -0.25) is 4.79 Å². The summed E-state index contributed by atoms with van der Waals surface area (Å²) in [6.45, 7) is 10.9. The molecule has 0 saturated carbocycles. The Morgan fingerprint density at radius 3 is 2.19 bits per heavy atom. The van der Waals surface area contributed by atoms with E-state index in [1.54, 1.807) is 30.9 Å². The highest BCUT2D eigenvalue weighted by Crippen LogP contribution is 2.42. The van der Waals surface area contributed by atoms with Crippen LogP contribution in [0.2, 0.25) is 10.0 Å². The van der Waals surface area contributed by atoms with E-state index in [-0.39, 0.29) is 30.0 Å². The van der Waals surface area contributed by atoms with Gasteiger partial charge in [0.15, 0.2) is 9.84 Å². The third-order valence-corrected chi connectivity index (χ3v) is 9.53. The van der Waals surface area contributed by atoms with Crippen LogP contribution in [0.15, 0.2) is 61.2 Å². The molecule has 0 aromatic heterocycles. The second kappa shape index (κ2) is 14.3. The summed E-state index contributed by atoms with van der Waals surface area (Å²) < 4.78 is 26.3. The summed E-state index contributed by atoms with van der Waals surface area (Å²) in [6.07, 6.45) is 4.26. The van der Waals surface area contributed by atoms with E-state index in [4.69, 9.17) is 28.9 Å². The van der Waals surface area contributed by atoms with Crippen molar-refractivity contribution in [3.05, 3.63) is 82.4 Å². The van der Waals surface area contributed by atoms with Crippen molar-refractivity contribution in [2.45, 2.75) is 70.2 Å². The summed E-state index contributed by atoms with van der Waals surface area (Å²) in [5, 5.41) is 0.613. The number of benzene rings is 2. The number of sulfone groups is 1. The van der Waals surface area contributed by atoms with Gasteiger partial charge in [0.1, 0.15) is 0 Å². The van der Waals surface area contributed by atoms with Crippen LogP contribution in [0.3, 0.4) is 0 Å². The standard InChI is InChI=1S/C29H40Cl2N2O3S/c1-6-7-8-12-26(23-10-9-11-25(31)17-23)29(22-13-15-24(30)16-14-22)33(28(34)18-32)27(20(2)3)19-37(35,36)21(4)5/h6,9-11,13-17,20-21,26-27,29H,1,7-8,12,18-19,32H2,2-5H3/t26-,27-,29-/m1/s1. The number of hydrogen-bond donors (Lipinski definition) is 1. The maximum Gasteiger partial charge on any atom is 0.237 e. The van der Waals surface area contributed by atoms with Gasteiger partial charge in [-0.2, -0.15) is 0 Å². The number of amides is 1. The molecule has 5 nitrogen and oxygen atoms in total. The first-order chi connectivity index (χ1) is 17.4. The van der Waals surface area contributed by atoms with Crippen LogP contribution >= 0.6 is 23.2 Å². The van der Waals surface area contributed by atoms with Gasteiger partial charge in [-0.15, -0.1) is 6.58 Å². The smallest absolute Gasteiger partial charge is 0.237 e. The van der Waals surface area contributed by atoms with E-state index in [2.05, 4.69) is 6.58 Å². The molecule has 2 aromatic carbocycles. The Labute approximate surface area is 232 Å². The monoisotopic (exact) mass is 566 g/mol. The predicted octanol–water partition coefficient (Wildman–Crippen LogP) is 6.81. The first-order valence-electron chi connectivity index (χ1n) is 12.8. The van der Waals surface area contributed by atoms with Crippen LogP contribution in [0.1, 0.15) is 70.0 Å². The third kappa shape index (κ3) is 8.57. The molecule has 204 valence electrons. The van der Waals surface area contributed by atoms with Crippen LogP contribution in [0.4, 0.5) is 0 Å². The molecular formula is C29H40Cl2N2O3S. The zero-order chi connectivity index (χ0) is 27.8. The Morgan fingerprint density at radius 2 is 1.68 bits per heavy atom. The lowest BCUT2D eigenvalue weighted by molar-refractivity contribution is -0.136. The lowest BCUT2D eigenvalue weighted by Gasteiger charge is -2.44. The normalized spacial score (nSPS) is 14.4. The van der Waals surface area contributed by atoms with Crippen molar-refractivity contribution in [3.63, 3.8) is 0 Å². The maximum atomic E-state index is 13.7. The molecule has 1 amide bonds. The van der Waals surface area contributed by atoms with Crippen molar-refractivity contribution in [1.82, 2.24) is 4.90 Å². The highest BCUT2D eigenvalue weighted by atomic mass is 35.5. The number of carbonyl (C=O) groups is 1. The predicted molar refractivity (Wildman–Crippen MR) is 156 cm³/mol. The van der Waals surface area contributed by atoms with E-state index in [1.165, 1.54) is 0 Å². The van der Waals surface area contributed by atoms with Crippen LogP contribution in [0.5, 0.6) is 0 Å². The highest BCUT2D eigenvalue weighted by molar-refractivity contribution is 7.92. The number of nitrogens with zero attached hydrogens (tertiary/aromatic N) is 1. The van der Waals surface area contributed by atoms with E-state index in [0.29, 0.717) is 10.0 Å². The Balaban J connectivity index is 2.82. The SMILES string of the molecule is C=CCCC[C@H](c1cccc(Cl)c1)[C@@H](c1ccc(Cl)cc1)N(C(=O)CN)[C@H](CS(=O)(=O)C(C)C)C(C)C. The van der Waals surface area contributed by atoms with Crippen LogP contribution in [-0.4, -0.2) is 42.8 Å². The second-order valence-corrected chi connectivity index (χ2v) is 13.5. The fraction of sp³-hybridized carbons (Fsp3) is 0.483. The molecule has 37 heavy (non-hydrogen) atoms. The van der Waals surface area contributed by atoms with Crippen molar-refractivity contribution in [2.75, 3.05) is 12.3 Å². The average molecular weight is 568 g/mol. The Hall–Kier alpha value is -1.86. The summed E-state index contributed by atoms with van der Waals surface area (Å²) in [5.41, 5.74) is 7.80. The van der Waals surface area contributed by atoms with Gasteiger partial charge in [-0.05, 0) is 74.4 Å². The molecule has 3 atom stereocenters. The van der Waals surface area contributed by atoms with Gasteiger partial charge < -0.3 is 10.6 Å². The van der Waals surface area contributed by atoms with Gasteiger partial charge in [0.2, 0.25) is 5.91 Å². The lowest BCUT2D eigenvalue weighted by atomic mass is 9.81. The van der Waals surface area contributed by atoms with Gasteiger partial charge in [0.25, 0.3) is 0 Å². The van der Waals surface area contributed by atoms with Crippen molar-refractivity contribution in [2.24, 2.45) is 11.7 Å². The number of allylic oxidation sites excluding steroid dienone is 1. The van der Waals surface area contributed by atoms with Gasteiger partial charge in [0.05, 0.1) is 23.6 Å². The molecule has 0 radical (unpaired) electrons. The lowest BCUT2D eigenvalue weighted by Crippen LogP contribution is -2.52. The largest absolute Gasteiger partial charge is 0.330 e. The molecule has 2 rings (SSSR count). The summed E-state index contributed by atoms with van der Waals surface area (Å²) in [5.74, 6) is -0.744. The van der Waals surface area contributed by atoms with Crippen molar-refractivity contribution < 1.29 is 13.2 Å². The molecule has 2 N–H and O–H groups in total. The van der Waals surface area contributed by atoms with Crippen LogP contribution in [0.25, 0.3) is 0 Å². The molecule has 0 saturated heterocycles. The van der Waals surface area contributed by atoms with Crippen LogP contribution in [-0.2, 0) is 14.6 Å². The van der Waals surface area contributed by atoms with Gasteiger partial charge in [-0.25, -0.2) is 8.42 Å². The van der Waals surface area contributed by atoms with E-state index in [1.807, 2.05) is 56.3 Å². The number of hydrogen-bond acceptors (Lipinski definition) is 4. The van der Waals surface area contributed by atoms with E-state index in [9.17, 15) is 13.2 Å². The number of unbranched alkanes of at least 4 members (excludes halogenated alkanes) is 1. The average Bonchev–Trinajstić information content (AvgIpc) is 2.84. The molecule has 0 bridgehead atoms. The minimum atomic E-state index is -3.46. The number of halogens is 2. The highest BCUT2D eigenvalue weighted by Gasteiger charge is 2.40. The maximum absolute atomic E-state index is 13.7. The number of rotatable bonds is 14. The van der Waals surface area contributed by atoms with E-state index >= 15 is 0 Å². The fourth-order valence-corrected chi connectivity index (χ4v) is 6.38. The van der Waals surface area contributed by atoms with Crippen LogP contribution < -0.4 is 5.73 Å². The summed E-state index contributed by atoms with van der Waals surface area (Å²) in [6, 6.07) is 14.0. The molecule has 0 aliphatic rings. The van der Waals surface area contributed by atoms with E-state index in [0.717, 1.165) is 30.4 Å². The zero-order valence-corrected chi connectivity index (χ0v) is 24.6. The molecule has 0 aliphatic carbocycles. The minimum absolute atomic E-state index is 0.132. The van der Waals surface area contributed by atoms with Gasteiger partial charge in [-0.1, -0.05) is 67.4 Å². The van der Waals surface area contributed by atoms with E-state index < -0.39 is 27.2 Å². The van der Waals surface area contributed by atoms with Crippen molar-refractivity contribution in [3.8, 4) is 0 Å². The first kappa shape index (κ1) is 31.4. The minimum Gasteiger partial charge on any atom is -0.330 e. The molecule has 0 spiro atoms. The Kier molecular flexibility index (Phi) is 12.2. The fourth-order valence-electron chi connectivity index (χ4n) is 4.65. The number of nitrogens with two attached hydrogens (primary N) is 1. The zero-order valence-electron chi connectivity index (χ0n) is 22.2. The summed E-state index contributed by atoms with van der Waals surface area (Å²) in [7, 11) is -3.46. The Bertz CT molecular complexity index is 1130. The molecule has 0 heterocycles. The molecule has 0 aliphatic heterocycles. The van der Waals surface area contributed by atoms with Crippen molar-refractivity contribution in [1.29, 1.82) is 0 Å². The quantitative estimate of drug-likeness (QED) is 0.201. The van der Waals surface area contributed by atoms with Crippen molar-refractivity contribution >= 4 is 38.9 Å². The first-order valence-corrected chi connectivity index (χ1v) is 15.2. The molecule has 2 aromatic rings. The summed E-state index contributed by atoms with van der Waals surface area (Å²) in [4.78, 5) is 15.4. The van der Waals surface area contributed by atoms with Gasteiger partial charge in [0, 0.05) is 22.0 Å². The Morgan fingerprint density at radius 1 is 1.03 bits per heavy atom. The summed E-state index contributed by atoms with van der Waals surface area (Å²) >= 11 is 12.6. The third-order valence-electron chi connectivity index (χ3n) is 6.80. The second-order valence-electron chi connectivity index (χ2n) is 10.1. The molecule has 8 heteroatoms. The molecule has 0 fully saturated rings. The van der Waals surface area contributed by atoms with Gasteiger partial charge >= 0.3 is 0 Å². The molecule has 0 unspecified atom stereocenters. The number of carbonyl (C=O) groups excluding carboxylic acids is 1. The molecular weight excluding hydrogens is 527 g/mol. The van der Waals surface area contributed by atoms with Crippen LogP contribution in [0, 0.1) is 5.92 Å². The topological polar surface area (TPSA) is 80.5 Å².